The number of rotatable bonds is 13. The normalized spacial score (nSPS) is 12.0. The molecule has 0 heterocycles. The quantitative estimate of drug-likeness (QED) is 0.241. The third-order valence-corrected chi connectivity index (χ3v) is 3.13. The average Bonchev–Trinajstić information content (AvgIpc) is 2.44. The van der Waals surface area contributed by atoms with Gasteiger partial charge in [0, 0.05) is 6.42 Å². The van der Waals surface area contributed by atoms with E-state index in [1.54, 1.807) is 6.08 Å². The Hall–Kier alpha value is -0.510. The summed E-state index contributed by atoms with van der Waals surface area (Å²) < 4.78 is 0. The number of aliphatic carboxylic acids is 1. The Bertz CT molecular complexity index is 346. The van der Waals surface area contributed by atoms with Crippen LogP contribution in [0.1, 0.15) is 71.1 Å². The van der Waals surface area contributed by atoms with Gasteiger partial charge >= 0.3 is 35.5 Å². The first-order chi connectivity index (χ1) is 10.2. The summed E-state index contributed by atoms with van der Waals surface area (Å²) in [6, 6.07) is 0. The Labute approximate surface area is 157 Å². The Morgan fingerprint density at radius 3 is 2.27 bits per heavy atom. The molecule has 0 rings (SSSR count). The van der Waals surface area contributed by atoms with Crippen LogP contribution in [0.4, 0.5) is 0 Å². The van der Waals surface area contributed by atoms with E-state index in [-0.39, 0.29) is 41.7 Å². The van der Waals surface area contributed by atoms with Crippen molar-refractivity contribution in [3.05, 3.63) is 36.1 Å². The van der Waals surface area contributed by atoms with Crippen LogP contribution in [-0.4, -0.2) is 11.1 Å². The van der Waals surface area contributed by atoms with Crippen molar-refractivity contribution in [2.24, 2.45) is 0 Å². The topological polar surface area (TPSA) is 60.4 Å². The van der Waals surface area contributed by atoms with E-state index >= 15 is 0 Å². The molecular formula is C18H29NaO3. The Balaban J connectivity index is 0. The first kappa shape index (κ1) is 23.8. The predicted molar refractivity (Wildman–Crippen MR) is 85.8 cm³/mol. The van der Waals surface area contributed by atoms with Gasteiger partial charge in [0.2, 0.25) is 0 Å². The Kier molecular flexibility index (Phi) is 20.0. The summed E-state index contributed by atoms with van der Waals surface area (Å²) in [5.74, 6) is -0.468. The number of hydrogen-bond donors (Lipinski definition) is 1. The minimum absolute atomic E-state index is 0. The van der Waals surface area contributed by atoms with E-state index in [2.05, 4.69) is 25.2 Å². The number of carbonyl (C=O) groups is 1. The maximum atomic E-state index is 11.5. The van der Waals surface area contributed by atoms with Gasteiger partial charge in [-0.15, -0.1) is 5.76 Å². The van der Waals surface area contributed by atoms with Crippen LogP contribution in [-0.2, 0) is 4.79 Å². The zero-order chi connectivity index (χ0) is 15.8. The largest absolute Gasteiger partial charge is 1.00 e. The van der Waals surface area contributed by atoms with Crippen molar-refractivity contribution in [1.29, 1.82) is 0 Å². The van der Waals surface area contributed by atoms with Crippen LogP contribution in [0.5, 0.6) is 0 Å². The molecule has 0 amide bonds. The van der Waals surface area contributed by atoms with Crippen LogP contribution in [0.3, 0.4) is 0 Å². The van der Waals surface area contributed by atoms with E-state index in [0.29, 0.717) is 6.42 Å². The molecule has 0 saturated carbocycles. The standard InChI is InChI=1S/C18H30O3.Na/c1-2-3-11-14-17(19)15-12-9-7-5-4-6-8-10-13-16-18(20)21;/h4,6-7,9,15,19H,2-3,5,8,10-14,16H2,1H3,(H,20,21);/q;+1/p-1/b6-4-,9-7-,17-15+;. The molecule has 0 aromatic heterocycles. The molecule has 0 aliphatic rings. The second kappa shape index (κ2) is 18.5. The monoisotopic (exact) mass is 316 g/mol. The third kappa shape index (κ3) is 19.5. The summed E-state index contributed by atoms with van der Waals surface area (Å²) in [6.07, 6.45) is 18.4. The van der Waals surface area contributed by atoms with E-state index in [1.165, 1.54) is 0 Å². The van der Waals surface area contributed by atoms with Gasteiger partial charge in [0.25, 0.3) is 0 Å². The molecule has 0 saturated heterocycles. The van der Waals surface area contributed by atoms with Gasteiger partial charge < -0.3 is 10.2 Å². The first-order valence-corrected chi connectivity index (χ1v) is 8.04. The van der Waals surface area contributed by atoms with Gasteiger partial charge in [-0.3, -0.25) is 4.79 Å². The molecule has 0 atom stereocenters. The maximum absolute atomic E-state index is 11.5. The number of carboxylic acid groups (broad SMARTS) is 1. The summed E-state index contributed by atoms with van der Waals surface area (Å²) in [4.78, 5) is 10.3. The van der Waals surface area contributed by atoms with Crippen molar-refractivity contribution < 1.29 is 44.6 Å². The fourth-order valence-electron chi connectivity index (χ4n) is 1.87. The molecule has 0 aromatic carbocycles. The molecule has 3 nitrogen and oxygen atoms in total. The van der Waals surface area contributed by atoms with Crippen LogP contribution in [0.15, 0.2) is 36.1 Å². The number of hydrogen-bond acceptors (Lipinski definition) is 2. The van der Waals surface area contributed by atoms with E-state index < -0.39 is 5.97 Å². The second-order valence-corrected chi connectivity index (χ2v) is 5.18. The van der Waals surface area contributed by atoms with E-state index in [4.69, 9.17) is 5.11 Å². The van der Waals surface area contributed by atoms with Crippen LogP contribution in [0.2, 0.25) is 0 Å². The minimum atomic E-state index is -0.720. The predicted octanol–water partition coefficient (Wildman–Crippen LogP) is 1.35. The molecule has 120 valence electrons. The third-order valence-electron chi connectivity index (χ3n) is 3.13. The summed E-state index contributed by atoms with van der Waals surface area (Å²) in [5.41, 5.74) is 0. The van der Waals surface area contributed by atoms with E-state index in [1.807, 2.05) is 6.08 Å². The SMILES string of the molecule is CCCCC/C([O-])=C\C/C=C\C/C=C\CCCCC(=O)O.[Na+]. The van der Waals surface area contributed by atoms with Gasteiger partial charge in [0.1, 0.15) is 0 Å². The smallest absolute Gasteiger partial charge is 0.876 e. The van der Waals surface area contributed by atoms with Crippen molar-refractivity contribution >= 4 is 5.97 Å². The van der Waals surface area contributed by atoms with Gasteiger partial charge in [-0.1, -0.05) is 56.6 Å². The number of carboxylic acids is 1. The van der Waals surface area contributed by atoms with Crippen molar-refractivity contribution in [3.63, 3.8) is 0 Å². The van der Waals surface area contributed by atoms with Crippen molar-refractivity contribution in [2.75, 3.05) is 0 Å². The molecule has 4 heteroatoms. The fourth-order valence-corrected chi connectivity index (χ4v) is 1.87. The molecule has 0 aliphatic heterocycles. The number of unbranched alkanes of at least 4 members (excludes halogenated alkanes) is 4. The maximum Gasteiger partial charge on any atom is 1.00 e. The van der Waals surface area contributed by atoms with Crippen molar-refractivity contribution in [1.82, 2.24) is 0 Å². The molecule has 0 unspecified atom stereocenters. The van der Waals surface area contributed by atoms with Gasteiger partial charge in [-0.25, -0.2) is 0 Å². The van der Waals surface area contributed by atoms with E-state index in [9.17, 15) is 9.90 Å². The zero-order valence-corrected chi connectivity index (χ0v) is 16.2. The molecule has 1 N–H and O–H groups in total. The molecule has 0 fully saturated rings. The van der Waals surface area contributed by atoms with Crippen molar-refractivity contribution in [3.8, 4) is 0 Å². The van der Waals surface area contributed by atoms with Crippen LogP contribution < -0.4 is 34.7 Å². The Morgan fingerprint density at radius 2 is 1.59 bits per heavy atom. The molecule has 0 radical (unpaired) electrons. The summed E-state index contributed by atoms with van der Waals surface area (Å²) >= 11 is 0. The average molecular weight is 316 g/mol. The van der Waals surface area contributed by atoms with Crippen LogP contribution >= 0.6 is 0 Å². The molecule has 0 aliphatic carbocycles. The van der Waals surface area contributed by atoms with Gasteiger partial charge in [-0.2, -0.15) is 0 Å². The van der Waals surface area contributed by atoms with Gasteiger partial charge in [0.15, 0.2) is 0 Å². The summed E-state index contributed by atoms with van der Waals surface area (Å²) in [6.45, 7) is 2.14. The molecule has 0 bridgehead atoms. The van der Waals surface area contributed by atoms with Gasteiger partial charge in [-0.05, 0) is 38.5 Å². The first-order valence-electron chi connectivity index (χ1n) is 8.04. The molecule has 22 heavy (non-hydrogen) atoms. The summed E-state index contributed by atoms with van der Waals surface area (Å²) in [7, 11) is 0. The zero-order valence-electron chi connectivity index (χ0n) is 14.2. The van der Waals surface area contributed by atoms with Crippen LogP contribution in [0.25, 0.3) is 0 Å². The second-order valence-electron chi connectivity index (χ2n) is 5.18. The van der Waals surface area contributed by atoms with Crippen molar-refractivity contribution in [2.45, 2.75) is 71.1 Å². The van der Waals surface area contributed by atoms with Gasteiger partial charge in [0.05, 0.1) is 0 Å². The Morgan fingerprint density at radius 1 is 0.955 bits per heavy atom. The fraction of sp³-hybridized carbons (Fsp3) is 0.611. The van der Waals surface area contributed by atoms with Crippen LogP contribution in [0, 0.1) is 0 Å². The molecular weight excluding hydrogens is 287 g/mol. The van der Waals surface area contributed by atoms with E-state index in [0.717, 1.165) is 51.4 Å². The number of allylic oxidation sites excluding steroid dienone is 6. The molecule has 0 aromatic rings. The molecule has 0 spiro atoms. The summed E-state index contributed by atoms with van der Waals surface area (Å²) in [5, 5.41) is 19.9. The minimum Gasteiger partial charge on any atom is -0.876 e.